The minimum Gasteiger partial charge on any atom is -0.455 e. The van der Waals surface area contributed by atoms with Crippen molar-refractivity contribution < 1.29 is 23.5 Å². The molecule has 1 aromatic rings. The molecule has 2 atom stereocenters. The summed E-state index contributed by atoms with van der Waals surface area (Å²) in [6.45, 7) is 4.85. The van der Waals surface area contributed by atoms with Crippen LogP contribution in [-0.4, -0.2) is 49.2 Å². The summed E-state index contributed by atoms with van der Waals surface area (Å²) in [6, 6.07) is 6.11. The van der Waals surface area contributed by atoms with Crippen molar-refractivity contribution in [2.75, 3.05) is 26.3 Å². The molecule has 23 heavy (non-hydrogen) atoms. The Morgan fingerprint density at radius 3 is 2.96 bits per heavy atom. The molecule has 1 aliphatic rings. The first-order valence-corrected chi connectivity index (χ1v) is 7.76. The van der Waals surface area contributed by atoms with Crippen LogP contribution in [0, 0.1) is 11.7 Å². The van der Waals surface area contributed by atoms with Crippen LogP contribution in [0.2, 0.25) is 0 Å². The number of benzene rings is 1. The van der Waals surface area contributed by atoms with Crippen LogP contribution in [0.3, 0.4) is 0 Å². The van der Waals surface area contributed by atoms with E-state index in [1.54, 1.807) is 24.0 Å². The summed E-state index contributed by atoms with van der Waals surface area (Å²) in [4.78, 5) is 25.6. The zero-order valence-electron chi connectivity index (χ0n) is 13.5. The van der Waals surface area contributed by atoms with E-state index in [4.69, 9.17) is 9.47 Å². The van der Waals surface area contributed by atoms with Crippen molar-refractivity contribution in [1.29, 1.82) is 0 Å². The molecule has 1 fully saturated rings. The second kappa shape index (κ2) is 8.06. The summed E-state index contributed by atoms with van der Waals surface area (Å²) in [5.41, 5.74) is 0.725. The van der Waals surface area contributed by atoms with Gasteiger partial charge in [-0.1, -0.05) is 19.1 Å². The molecule has 1 saturated heterocycles. The fraction of sp³-hybridized carbons (Fsp3) is 0.529. The number of carbonyl (C=O) groups excluding carboxylic acids is 2. The van der Waals surface area contributed by atoms with Gasteiger partial charge in [0.2, 0.25) is 0 Å². The SMILES string of the molecule is CC1CN(C(=O)COC(=O)C(C)Cc2cccc(F)c2)CCO1. The van der Waals surface area contributed by atoms with Gasteiger partial charge in [0.15, 0.2) is 6.61 Å². The molecule has 0 spiro atoms. The molecule has 5 nitrogen and oxygen atoms in total. The third-order valence-corrected chi connectivity index (χ3v) is 3.76. The van der Waals surface area contributed by atoms with E-state index in [9.17, 15) is 14.0 Å². The number of carbonyl (C=O) groups is 2. The van der Waals surface area contributed by atoms with E-state index in [0.29, 0.717) is 26.1 Å². The van der Waals surface area contributed by atoms with Crippen LogP contribution in [0.15, 0.2) is 24.3 Å². The van der Waals surface area contributed by atoms with E-state index < -0.39 is 11.9 Å². The highest BCUT2D eigenvalue weighted by atomic mass is 19.1. The molecule has 2 unspecified atom stereocenters. The van der Waals surface area contributed by atoms with Crippen molar-refractivity contribution in [3.8, 4) is 0 Å². The molecule has 1 aliphatic heterocycles. The zero-order valence-corrected chi connectivity index (χ0v) is 13.5. The number of hydrogen-bond donors (Lipinski definition) is 0. The van der Waals surface area contributed by atoms with Gasteiger partial charge in [0, 0.05) is 13.1 Å². The van der Waals surface area contributed by atoms with Crippen molar-refractivity contribution in [3.63, 3.8) is 0 Å². The van der Waals surface area contributed by atoms with E-state index >= 15 is 0 Å². The van der Waals surface area contributed by atoms with Crippen LogP contribution in [0.5, 0.6) is 0 Å². The summed E-state index contributed by atoms with van der Waals surface area (Å²) in [5.74, 6) is -1.44. The average molecular weight is 323 g/mol. The monoisotopic (exact) mass is 323 g/mol. The van der Waals surface area contributed by atoms with Crippen molar-refractivity contribution in [3.05, 3.63) is 35.6 Å². The lowest BCUT2D eigenvalue weighted by atomic mass is 10.0. The van der Waals surface area contributed by atoms with Gasteiger partial charge in [0.05, 0.1) is 18.6 Å². The Kier molecular flexibility index (Phi) is 6.10. The van der Waals surface area contributed by atoms with Gasteiger partial charge in [-0.2, -0.15) is 0 Å². The van der Waals surface area contributed by atoms with Crippen molar-refractivity contribution >= 4 is 11.9 Å². The molecule has 1 heterocycles. The largest absolute Gasteiger partial charge is 0.455 e. The molecule has 0 radical (unpaired) electrons. The van der Waals surface area contributed by atoms with Gasteiger partial charge in [-0.3, -0.25) is 9.59 Å². The minimum absolute atomic E-state index is 0.00435. The Balaban J connectivity index is 1.78. The van der Waals surface area contributed by atoms with Crippen LogP contribution in [-0.2, 0) is 25.5 Å². The second-order valence-electron chi connectivity index (χ2n) is 5.86. The lowest BCUT2D eigenvalue weighted by Crippen LogP contribution is -2.46. The van der Waals surface area contributed by atoms with Crippen LogP contribution in [0.25, 0.3) is 0 Å². The van der Waals surface area contributed by atoms with Gasteiger partial charge in [0.25, 0.3) is 5.91 Å². The predicted molar refractivity (Wildman–Crippen MR) is 82.2 cm³/mol. The number of halogens is 1. The van der Waals surface area contributed by atoms with Gasteiger partial charge in [-0.15, -0.1) is 0 Å². The standard InChI is InChI=1S/C17H22FNO4/c1-12(8-14-4-3-5-15(18)9-14)17(21)23-11-16(20)19-6-7-22-13(2)10-19/h3-5,9,12-13H,6-8,10-11H2,1-2H3. The van der Waals surface area contributed by atoms with E-state index in [1.165, 1.54) is 12.1 Å². The first-order valence-electron chi connectivity index (χ1n) is 7.76. The molecule has 6 heteroatoms. The molecule has 0 aliphatic carbocycles. The van der Waals surface area contributed by atoms with Crippen molar-refractivity contribution in [2.24, 2.45) is 5.92 Å². The molecular formula is C17H22FNO4. The summed E-state index contributed by atoms with van der Waals surface area (Å²) in [7, 11) is 0. The zero-order chi connectivity index (χ0) is 16.8. The van der Waals surface area contributed by atoms with Gasteiger partial charge in [0.1, 0.15) is 5.82 Å². The van der Waals surface area contributed by atoms with Gasteiger partial charge >= 0.3 is 5.97 Å². The second-order valence-corrected chi connectivity index (χ2v) is 5.86. The highest BCUT2D eigenvalue weighted by molar-refractivity contribution is 5.81. The van der Waals surface area contributed by atoms with E-state index in [0.717, 1.165) is 5.56 Å². The third-order valence-electron chi connectivity index (χ3n) is 3.76. The number of rotatable bonds is 5. The van der Waals surface area contributed by atoms with Crippen LogP contribution >= 0.6 is 0 Å². The molecule has 0 saturated carbocycles. The Labute approximate surface area is 135 Å². The molecular weight excluding hydrogens is 301 g/mol. The molecule has 1 amide bonds. The van der Waals surface area contributed by atoms with Crippen molar-refractivity contribution in [1.82, 2.24) is 4.90 Å². The van der Waals surface area contributed by atoms with Crippen LogP contribution in [0.4, 0.5) is 4.39 Å². The number of morpholine rings is 1. The Hall–Kier alpha value is -1.95. The highest BCUT2D eigenvalue weighted by Gasteiger charge is 2.23. The van der Waals surface area contributed by atoms with E-state index in [-0.39, 0.29) is 24.4 Å². The van der Waals surface area contributed by atoms with Gasteiger partial charge in [-0.05, 0) is 31.0 Å². The topological polar surface area (TPSA) is 55.8 Å². The van der Waals surface area contributed by atoms with E-state index in [2.05, 4.69) is 0 Å². The summed E-state index contributed by atoms with van der Waals surface area (Å²) >= 11 is 0. The normalized spacial score (nSPS) is 19.3. The minimum atomic E-state index is -0.455. The maximum absolute atomic E-state index is 13.1. The molecule has 0 N–H and O–H groups in total. The summed E-state index contributed by atoms with van der Waals surface area (Å²) in [5, 5.41) is 0. The predicted octanol–water partition coefficient (Wildman–Crippen LogP) is 1.79. The van der Waals surface area contributed by atoms with Crippen LogP contribution in [0.1, 0.15) is 19.4 Å². The fourth-order valence-electron chi connectivity index (χ4n) is 2.51. The lowest BCUT2D eigenvalue weighted by molar-refractivity contribution is -0.157. The molecule has 0 bridgehead atoms. The third kappa shape index (κ3) is 5.32. The first-order chi connectivity index (χ1) is 11.0. The number of amides is 1. The number of hydrogen-bond acceptors (Lipinski definition) is 4. The molecule has 1 aromatic carbocycles. The smallest absolute Gasteiger partial charge is 0.309 e. The number of esters is 1. The van der Waals surface area contributed by atoms with E-state index in [1.807, 2.05) is 6.92 Å². The average Bonchev–Trinajstić information content (AvgIpc) is 2.52. The van der Waals surface area contributed by atoms with Gasteiger partial charge < -0.3 is 14.4 Å². The fourth-order valence-corrected chi connectivity index (χ4v) is 2.51. The summed E-state index contributed by atoms with van der Waals surface area (Å²) < 4.78 is 23.6. The molecule has 126 valence electrons. The Morgan fingerprint density at radius 1 is 1.48 bits per heavy atom. The van der Waals surface area contributed by atoms with Crippen molar-refractivity contribution in [2.45, 2.75) is 26.4 Å². The number of nitrogens with zero attached hydrogens (tertiary/aromatic N) is 1. The summed E-state index contributed by atoms with van der Waals surface area (Å²) in [6.07, 6.45) is 0.370. The number of ether oxygens (including phenoxy) is 2. The molecule has 2 rings (SSSR count). The highest BCUT2D eigenvalue weighted by Crippen LogP contribution is 2.12. The first kappa shape index (κ1) is 17.4. The van der Waals surface area contributed by atoms with Gasteiger partial charge in [-0.25, -0.2) is 4.39 Å². The maximum atomic E-state index is 13.1. The quantitative estimate of drug-likeness (QED) is 0.775. The Morgan fingerprint density at radius 2 is 2.26 bits per heavy atom. The lowest BCUT2D eigenvalue weighted by Gasteiger charge is -2.31. The van der Waals surface area contributed by atoms with Crippen LogP contribution < -0.4 is 0 Å². The molecule has 0 aromatic heterocycles. The maximum Gasteiger partial charge on any atom is 0.309 e. The Bertz CT molecular complexity index is 563.